The molecular formula is C22H33ClN6O. The number of nitrogens with one attached hydrogen (secondary N) is 1. The maximum Gasteiger partial charge on any atom is 0.246 e. The maximum atomic E-state index is 6.30. The van der Waals surface area contributed by atoms with E-state index in [0.29, 0.717) is 36.0 Å². The Morgan fingerprint density at radius 2 is 1.97 bits per heavy atom. The summed E-state index contributed by atoms with van der Waals surface area (Å²) in [5, 5.41) is 7.75. The van der Waals surface area contributed by atoms with Crippen molar-refractivity contribution in [3.8, 4) is 0 Å². The van der Waals surface area contributed by atoms with Crippen LogP contribution in [-0.2, 0) is 11.2 Å². The fourth-order valence-corrected chi connectivity index (χ4v) is 4.89. The summed E-state index contributed by atoms with van der Waals surface area (Å²) in [7, 11) is 0. The summed E-state index contributed by atoms with van der Waals surface area (Å²) in [6, 6.07) is 9.17. The summed E-state index contributed by atoms with van der Waals surface area (Å²) >= 11 is 6.08. The number of ether oxygens (including phenoxy) is 1. The molecule has 0 spiro atoms. The zero-order chi connectivity index (χ0) is 21.1. The molecule has 3 N–H and O–H groups in total. The van der Waals surface area contributed by atoms with Gasteiger partial charge in [-0.25, -0.2) is 5.10 Å². The van der Waals surface area contributed by atoms with E-state index in [-0.39, 0.29) is 0 Å². The molecule has 2 aliphatic heterocycles. The highest BCUT2D eigenvalue weighted by atomic mass is 35.5. The molecule has 2 saturated heterocycles. The van der Waals surface area contributed by atoms with E-state index >= 15 is 0 Å². The SMILES string of the molecule is CC(C)C[C@H]1CN(C2CCN(c3n[nH]c(N)n3)CC2)C(Cc2ccc(Cl)cc2)CO1. The number of rotatable bonds is 6. The Hall–Kier alpha value is -1.83. The van der Waals surface area contributed by atoms with Crippen molar-refractivity contribution in [3.63, 3.8) is 0 Å². The van der Waals surface area contributed by atoms with E-state index < -0.39 is 0 Å². The fourth-order valence-electron chi connectivity index (χ4n) is 4.77. The lowest BCUT2D eigenvalue weighted by Gasteiger charge is -2.47. The number of nitrogen functional groups attached to an aromatic ring is 1. The Morgan fingerprint density at radius 3 is 2.60 bits per heavy atom. The Bertz CT molecular complexity index is 802. The lowest BCUT2D eigenvalue weighted by atomic mass is 9.94. The van der Waals surface area contributed by atoms with Crippen molar-refractivity contribution in [2.75, 3.05) is 36.9 Å². The third-order valence-electron chi connectivity index (χ3n) is 6.23. The van der Waals surface area contributed by atoms with Gasteiger partial charge < -0.3 is 15.4 Å². The van der Waals surface area contributed by atoms with E-state index in [9.17, 15) is 0 Å². The number of morpholine rings is 1. The zero-order valence-corrected chi connectivity index (χ0v) is 18.7. The first-order valence-electron chi connectivity index (χ1n) is 11.0. The number of piperidine rings is 1. The zero-order valence-electron chi connectivity index (χ0n) is 17.9. The monoisotopic (exact) mass is 432 g/mol. The van der Waals surface area contributed by atoms with E-state index in [0.717, 1.165) is 56.9 Å². The molecule has 0 bridgehead atoms. The van der Waals surface area contributed by atoms with Crippen LogP contribution in [0.25, 0.3) is 0 Å². The number of nitrogens with two attached hydrogens (primary N) is 1. The summed E-state index contributed by atoms with van der Waals surface area (Å²) in [5.41, 5.74) is 7.01. The van der Waals surface area contributed by atoms with Gasteiger partial charge in [0.15, 0.2) is 0 Å². The van der Waals surface area contributed by atoms with E-state index in [1.165, 1.54) is 5.56 Å². The van der Waals surface area contributed by atoms with Crippen molar-refractivity contribution in [2.24, 2.45) is 5.92 Å². The minimum Gasteiger partial charge on any atom is -0.375 e. The molecule has 7 nitrogen and oxygen atoms in total. The summed E-state index contributed by atoms with van der Waals surface area (Å²) in [4.78, 5) is 9.23. The first-order chi connectivity index (χ1) is 14.5. The lowest BCUT2D eigenvalue weighted by Crippen LogP contribution is -2.57. The van der Waals surface area contributed by atoms with Crippen LogP contribution >= 0.6 is 11.6 Å². The normalized spacial score (nSPS) is 23.9. The van der Waals surface area contributed by atoms with E-state index in [1.54, 1.807) is 0 Å². The van der Waals surface area contributed by atoms with E-state index in [1.807, 2.05) is 12.1 Å². The standard InChI is InChI=1S/C22H33ClN6O/c1-15(2)11-20-13-29(19(14-30-20)12-16-3-5-17(23)6-4-16)18-7-9-28(10-8-18)22-25-21(24)26-27-22/h3-6,15,18-20H,7-14H2,1-2H3,(H3,24,25,26,27)/t19?,20-/m0/s1. The average molecular weight is 433 g/mol. The van der Waals surface area contributed by atoms with Crippen LogP contribution in [0, 0.1) is 5.92 Å². The minimum atomic E-state index is 0.317. The molecule has 2 aromatic rings. The van der Waals surface area contributed by atoms with Crippen LogP contribution in [-0.4, -0.2) is 64.5 Å². The molecule has 0 saturated carbocycles. The average Bonchev–Trinajstić information content (AvgIpc) is 3.17. The largest absolute Gasteiger partial charge is 0.375 e. The summed E-state index contributed by atoms with van der Waals surface area (Å²) < 4.78 is 6.30. The van der Waals surface area contributed by atoms with Crippen LogP contribution in [0.1, 0.15) is 38.7 Å². The second kappa shape index (κ2) is 9.54. The molecule has 1 unspecified atom stereocenters. The number of nitrogens with zero attached hydrogens (tertiary/aromatic N) is 4. The minimum absolute atomic E-state index is 0.317. The number of aromatic nitrogens is 3. The van der Waals surface area contributed by atoms with Gasteiger partial charge >= 0.3 is 0 Å². The smallest absolute Gasteiger partial charge is 0.246 e. The molecular weight excluding hydrogens is 400 g/mol. The van der Waals surface area contributed by atoms with Crippen LogP contribution in [0.3, 0.4) is 0 Å². The number of benzene rings is 1. The van der Waals surface area contributed by atoms with Crippen LogP contribution in [0.4, 0.5) is 11.9 Å². The Morgan fingerprint density at radius 1 is 1.23 bits per heavy atom. The van der Waals surface area contributed by atoms with Gasteiger partial charge in [0.25, 0.3) is 0 Å². The van der Waals surface area contributed by atoms with Gasteiger partial charge in [-0.3, -0.25) is 4.90 Å². The van der Waals surface area contributed by atoms with Crippen LogP contribution in [0.2, 0.25) is 5.02 Å². The highest BCUT2D eigenvalue weighted by Gasteiger charge is 2.36. The highest BCUT2D eigenvalue weighted by Crippen LogP contribution is 2.28. The molecule has 164 valence electrons. The Kier molecular flexibility index (Phi) is 6.80. The van der Waals surface area contributed by atoms with Gasteiger partial charge in [0, 0.05) is 36.7 Å². The molecule has 0 aliphatic carbocycles. The molecule has 3 heterocycles. The third kappa shape index (κ3) is 5.25. The number of aromatic amines is 1. The second-order valence-electron chi connectivity index (χ2n) is 9.00. The molecule has 4 rings (SSSR count). The second-order valence-corrected chi connectivity index (χ2v) is 9.44. The molecule has 2 atom stereocenters. The summed E-state index contributed by atoms with van der Waals surface area (Å²) in [6.45, 7) is 8.24. The number of H-pyrrole nitrogens is 1. The molecule has 1 aromatic heterocycles. The molecule has 0 amide bonds. The van der Waals surface area contributed by atoms with Crippen molar-refractivity contribution >= 4 is 23.5 Å². The number of halogens is 1. The van der Waals surface area contributed by atoms with Crippen LogP contribution in [0.15, 0.2) is 24.3 Å². The van der Waals surface area contributed by atoms with Crippen molar-refractivity contribution < 1.29 is 4.74 Å². The number of anilines is 2. The molecule has 2 aliphatic rings. The van der Waals surface area contributed by atoms with Crippen molar-refractivity contribution in [1.29, 1.82) is 0 Å². The predicted octanol–water partition coefficient (Wildman–Crippen LogP) is 3.37. The van der Waals surface area contributed by atoms with Crippen molar-refractivity contribution in [2.45, 2.75) is 57.7 Å². The van der Waals surface area contributed by atoms with E-state index in [4.69, 9.17) is 22.1 Å². The molecule has 30 heavy (non-hydrogen) atoms. The highest BCUT2D eigenvalue weighted by molar-refractivity contribution is 6.30. The van der Waals surface area contributed by atoms with Gasteiger partial charge in [0.05, 0.1) is 12.7 Å². The molecule has 0 radical (unpaired) electrons. The van der Waals surface area contributed by atoms with E-state index in [2.05, 4.69) is 51.0 Å². The van der Waals surface area contributed by atoms with Crippen LogP contribution < -0.4 is 10.6 Å². The molecule has 1 aromatic carbocycles. The van der Waals surface area contributed by atoms with Gasteiger partial charge in [-0.1, -0.05) is 37.6 Å². The fraction of sp³-hybridized carbons (Fsp3) is 0.636. The van der Waals surface area contributed by atoms with Gasteiger partial charge in [0.2, 0.25) is 11.9 Å². The first kappa shape index (κ1) is 21.4. The summed E-state index contributed by atoms with van der Waals surface area (Å²) in [6.07, 6.45) is 4.61. The van der Waals surface area contributed by atoms with Gasteiger partial charge in [-0.2, -0.15) is 4.98 Å². The Balaban J connectivity index is 1.43. The quantitative estimate of drug-likeness (QED) is 0.728. The summed E-state index contributed by atoms with van der Waals surface area (Å²) in [5.74, 6) is 1.73. The van der Waals surface area contributed by atoms with Crippen molar-refractivity contribution in [3.05, 3.63) is 34.9 Å². The molecule has 8 heteroatoms. The number of hydrogen-bond acceptors (Lipinski definition) is 6. The van der Waals surface area contributed by atoms with Gasteiger partial charge in [-0.15, -0.1) is 5.10 Å². The Labute approximate surface area is 183 Å². The third-order valence-corrected chi connectivity index (χ3v) is 6.49. The van der Waals surface area contributed by atoms with Crippen LogP contribution in [0.5, 0.6) is 0 Å². The van der Waals surface area contributed by atoms with Gasteiger partial charge in [-0.05, 0) is 49.3 Å². The van der Waals surface area contributed by atoms with Crippen molar-refractivity contribution in [1.82, 2.24) is 20.1 Å². The predicted molar refractivity (Wildman–Crippen MR) is 121 cm³/mol. The van der Waals surface area contributed by atoms with Gasteiger partial charge in [0.1, 0.15) is 0 Å². The first-order valence-corrected chi connectivity index (χ1v) is 11.4. The number of hydrogen-bond donors (Lipinski definition) is 2. The molecule has 2 fully saturated rings. The topological polar surface area (TPSA) is 83.3 Å². The maximum absolute atomic E-state index is 6.30. The lowest BCUT2D eigenvalue weighted by molar-refractivity contribution is -0.0881.